The molecule has 4 N–H and O–H groups in total. The molecule has 3 amide bonds. The van der Waals surface area contributed by atoms with Crippen LogP contribution >= 0.6 is 0 Å². The van der Waals surface area contributed by atoms with Crippen molar-refractivity contribution in [3.63, 3.8) is 0 Å². The lowest BCUT2D eigenvalue weighted by molar-refractivity contribution is -0.169. The second-order valence-electron chi connectivity index (χ2n) is 15.0. The van der Waals surface area contributed by atoms with E-state index in [-0.39, 0.29) is 62.2 Å². The predicted octanol–water partition coefficient (Wildman–Crippen LogP) is 5.26. The number of fused-ring (bicyclic) bond motifs is 7. The van der Waals surface area contributed by atoms with E-state index in [4.69, 9.17) is 5.73 Å². The largest absolute Gasteiger partial charge is 0.352 e. The summed E-state index contributed by atoms with van der Waals surface area (Å²) in [6.07, 6.45) is 10.3. The predicted molar refractivity (Wildman–Crippen MR) is 141 cm³/mol. The van der Waals surface area contributed by atoms with Gasteiger partial charge in [0.15, 0.2) is 5.78 Å². The van der Waals surface area contributed by atoms with E-state index in [0.29, 0.717) is 6.42 Å². The fourth-order valence-electron chi connectivity index (χ4n) is 10.4. The minimum atomic E-state index is -0.467. The second-order valence-corrected chi connectivity index (χ2v) is 15.0. The van der Waals surface area contributed by atoms with Crippen LogP contribution in [0.25, 0.3) is 0 Å². The van der Waals surface area contributed by atoms with Crippen LogP contribution in [0.1, 0.15) is 106 Å². The molecule has 8 atom stereocenters. The monoisotopic (exact) mass is 497 g/mol. The van der Waals surface area contributed by atoms with Gasteiger partial charge in [0.2, 0.25) is 5.91 Å². The van der Waals surface area contributed by atoms with Gasteiger partial charge < -0.3 is 16.4 Å². The van der Waals surface area contributed by atoms with Crippen molar-refractivity contribution < 1.29 is 14.4 Å². The minimum Gasteiger partial charge on any atom is -0.352 e. The van der Waals surface area contributed by atoms with E-state index in [1.54, 1.807) is 0 Å². The lowest BCUT2D eigenvalue weighted by Gasteiger charge is -2.69. The summed E-state index contributed by atoms with van der Waals surface area (Å²) < 4.78 is 0. The zero-order valence-electron chi connectivity index (χ0n) is 23.5. The molecule has 6 nitrogen and oxygen atoms in total. The van der Waals surface area contributed by atoms with Crippen LogP contribution in [0.5, 0.6) is 0 Å². The molecule has 5 aliphatic rings. The first-order valence-corrected chi connectivity index (χ1v) is 14.1. The van der Waals surface area contributed by atoms with E-state index in [9.17, 15) is 14.4 Å². The maximum atomic E-state index is 14.3. The Morgan fingerprint density at radius 1 is 0.972 bits per heavy atom. The van der Waals surface area contributed by atoms with E-state index < -0.39 is 6.03 Å². The Balaban J connectivity index is 1.61. The number of hydrogen-bond acceptors (Lipinski definition) is 3. The highest BCUT2D eigenvalue weighted by molar-refractivity contribution is 5.96. The van der Waals surface area contributed by atoms with Crippen LogP contribution in [0.2, 0.25) is 0 Å². The molecular weight excluding hydrogens is 450 g/mol. The molecule has 36 heavy (non-hydrogen) atoms. The molecule has 0 aromatic heterocycles. The summed E-state index contributed by atoms with van der Waals surface area (Å²) >= 11 is 0. The number of nitrogens with two attached hydrogens (primary N) is 1. The molecule has 1 heterocycles. The maximum absolute atomic E-state index is 14.3. The molecule has 0 aromatic rings. The molecule has 0 bridgehead atoms. The van der Waals surface area contributed by atoms with Gasteiger partial charge >= 0.3 is 6.03 Å². The highest BCUT2D eigenvalue weighted by Gasteiger charge is 2.69. The molecule has 0 unspecified atom stereocenters. The number of carbonyl (C=O) groups excluding carboxylic acids is 3. The Labute approximate surface area is 217 Å². The van der Waals surface area contributed by atoms with Crippen LogP contribution in [-0.2, 0) is 9.59 Å². The number of rotatable bonds is 1. The minimum absolute atomic E-state index is 0.0808. The van der Waals surface area contributed by atoms with Crippen molar-refractivity contribution in [3.8, 4) is 0 Å². The lowest BCUT2D eigenvalue weighted by atomic mass is 9.35. The third-order valence-corrected chi connectivity index (χ3v) is 12.5. The fraction of sp³-hybridized carbons (Fsp3) is 0.833. The van der Waals surface area contributed by atoms with Gasteiger partial charge in [-0.2, -0.15) is 0 Å². The summed E-state index contributed by atoms with van der Waals surface area (Å²) in [7, 11) is 0. The van der Waals surface area contributed by atoms with Gasteiger partial charge in [-0.25, -0.2) is 4.79 Å². The molecule has 4 aliphatic carbocycles. The number of amides is 3. The van der Waals surface area contributed by atoms with E-state index in [1.165, 1.54) is 5.57 Å². The normalized spacial score (nSPS) is 49.8. The van der Waals surface area contributed by atoms with Crippen molar-refractivity contribution >= 4 is 17.7 Å². The number of allylic oxidation sites excluding steroid dienone is 2. The number of urea groups is 1. The maximum Gasteiger partial charge on any atom is 0.312 e. The van der Waals surface area contributed by atoms with Gasteiger partial charge in [-0.05, 0) is 112 Å². The second kappa shape index (κ2) is 7.60. The summed E-state index contributed by atoms with van der Waals surface area (Å²) in [5.41, 5.74) is 5.88. The Hall–Kier alpha value is -1.85. The zero-order valence-corrected chi connectivity index (χ0v) is 23.5. The van der Waals surface area contributed by atoms with E-state index in [0.717, 1.165) is 51.4 Å². The van der Waals surface area contributed by atoms with Gasteiger partial charge in [-0.1, -0.05) is 33.3 Å². The highest BCUT2D eigenvalue weighted by atomic mass is 16.2. The summed E-state index contributed by atoms with van der Waals surface area (Å²) in [6, 6.07) is -0.467. The van der Waals surface area contributed by atoms with E-state index >= 15 is 0 Å². The highest BCUT2D eigenvalue weighted by Crippen LogP contribution is 2.73. The van der Waals surface area contributed by atoms with E-state index in [2.05, 4.69) is 59.1 Å². The third kappa shape index (κ3) is 3.37. The molecule has 1 saturated heterocycles. The Kier molecular flexibility index (Phi) is 5.44. The SMILES string of the molecule is CC1(C)NC(=O)CC[C@]2(C)[C@H]3C(=O)C=C4[C@@H]5C[C@@](C)(NC(N)=O)CC[C@]5(C)CC[C@@]4(C)[C@]3(C)CC[C@@H]12. The van der Waals surface area contributed by atoms with Crippen LogP contribution in [0.15, 0.2) is 11.6 Å². The molecule has 0 radical (unpaired) electrons. The van der Waals surface area contributed by atoms with Gasteiger partial charge in [0.05, 0.1) is 0 Å². The Bertz CT molecular complexity index is 1050. The molecule has 1 aliphatic heterocycles. The molecule has 4 fully saturated rings. The summed E-state index contributed by atoms with van der Waals surface area (Å²) in [5.74, 6) is 0.806. The van der Waals surface area contributed by atoms with Crippen LogP contribution in [-0.4, -0.2) is 28.8 Å². The molecule has 200 valence electrons. The van der Waals surface area contributed by atoms with Crippen molar-refractivity contribution in [1.29, 1.82) is 0 Å². The average molecular weight is 498 g/mol. The van der Waals surface area contributed by atoms with Crippen LogP contribution in [0.3, 0.4) is 0 Å². The zero-order chi connectivity index (χ0) is 26.5. The van der Waals surface area contributed by atoms with Crippen molar-refractivity contribution in [3.05, 3.63) is 11.6 Å². The Morgan fingerprint density at radius 3 is 2.31 bits per heavy atom. The molecule has 5 rings (SSSR count). The first-order chi connectivity index (χ1) is 16.5. The number of nitrogens with one attached hydrogen (secondary N) is 2. The number of hydrogen-bond donors (Lipinski definition) is 3. The van der Waals surface area contributed by atoms with Gasteiger partial charge in [0, 0.05) is 23.4 Å². The van der Waals surface area contributed by atoms with Crippen molar-refractivity contribution in [2.45, 2.75) is 117 Å². The van der Waals surface area contributed by atoms with E-state index in [1.807, 2.05) is 6.08 Å². The van der Waals surface area contributed by atoms with Crippen LogP contribution < -0.4 is 16.4 Å². The summed E-state index contributed by atoms with van der Waals surface area (Å²) in [4.78, 5) is 38.9. The lowest BCUT2D eigenvalue weighted by Crippen LogP contribution is -2.66. The van der Waals surface area contributed by atoms with Crippen molar-refractivity contribution in [1.82, 2.24) is 10.6 Å². The third-order valence-electron chi connectivity index (χ3n) is 12.5. The number of primary amides is 1. The molecule has 0 spiro atoms. The summed E-state index contributed by atoms with van der Waals surface area (Å²) in [5, 5.41) is 6.33. The molecule has 6 heteroatoms. The number of carbonyl (C=O) groups is 3. The average Bonchev–Trinajstić information content (AvgIpc) is 2.83. The number of ketones is 1. The molecular formula is C30H47N3O3. The standard InChI is InChI=1S/C30H47N3O3/c1-25(2)21-8-11-30(7)23(28(21,5)10-9-22(35)32-25)20(34)16-18-19-17-27(4,33-24(31)36)14-12-26(19,3)13-15-29(18,30)6/h16,19,21,23H,8-15,17H2,1-7H3,(H,32,35)(H3,31,33,36)/t19-,21-,23+,26+,27-,28-,29+,30+/m0/s1. The van der Waals surface area contributed by atoms with Gasteiger partial charge in [0.25, 0.3) is 0 Å². The Morgan fingerprint density at radius 2 is 1.64 bits per heavy atom. The van der Waals surface area contributed by atoms with Gasteiger partial charge in [0.1, 0.15) is 0 Å². The first-order valence-electron chi connectivity index (χ1n) is 14.1. The quantitative estimate of drug-likeness (QED) is 0.461. The van der Waals surface area contributed by atoms with Crippen molar-refractivity contribution in [2.75, 3.05) is 0 Å². The van der Waals surface area contributed by atoms with Crippen LogP contribution in [0.4, 0.5) is 4.79 Å². The van der Waals surface area contributed by atoms with Crippen molar-refractivity contribution in [2.24, 2.45) is 45.1 Å². The fourth-order valence-corrected chi connectivity index (χ4v) is 10.4. The smallest absolute Gasteiger partial charge is 0.312 e. The first kappa shape index (κ1) is 25.8. The topological polar surface area (TPSA) is 101 Å². The van der Waals surface area contributed by atoms with Gasteiger partial charge in [-0.15, -0.1) is 0 Å². The summed E-state index contributed by atoms with van der Waals surface area (Å²) in [6.45, 7) is 15.9. The van der Waals surface area contributed by atoms with Crippen LogP contribution in [0, 0.1) is 39.4 Å². The molecule has 3 saturated carbocycles. The van der Waals surface area contributed by atoms with Gasteiger partial charge in [-0.3, -0.25) is 9.59 Å². The molecule has 0 aromatic carbocycles.